The molecule has 0 aliphatic rings. The second kappa shape index (κ2) is 7.81. The van der Waals surface area contributed by atoms with Crippen molar-refractivity contribution in [1.29, 1.82) is 0 Å². The molecule has 0 atom stereocenters. The van der Waals surface area contributed by atoms with Gasteiger partial charge in [-0.05, 0) is 30.3 Å². The van der Waals surface area contributed by atoms with Crippen LogP contribution in [0.4, 0.5) is 0 Å². The number of sulfone groups is 1. The van der Waals surface area contributed by atoms with Crippen molar-refractivity contribution in [1.82, 2.24) is 10.3 Å². The van der Waals surface area contributed by atoms with Gasteiger partial charge in [0, 0.05) is 19.5 Å². The summed E-state index contributed by atoms with van der Waals surface area (Å²) in [6, 6.07) is 12.7. The normalized spacial score (nSPS) is 11.4. The molecule has 0 radical (unpaired) electrons. The number of ether oxygens (including phenoxy) is 1. The predicted octanol–water partition coefficient (Wildman–Crippen LogP) is 1.39. The summed E-state index contributed by atoms with van der Waals surface area (Å²) in [5.74, 6) is -0.330. The maximum Gasteiger partial charge on any atom is 0.276 e. The highest BCUT2D eigenvalue weighted by Crippen LogP contribution is 2.16. The number of amides is 1. The molecule has 8 nitrogen and oxygen atoms in total. The van der Waals surface area contributed by atoms with Crippen molar-refractivity contribution < 1.29 is 22.7 Å². The zero-order valence-electron chi connectivity index (χ0n) is 15.4. The number of hydrogen-bond donors (Lipinski definition) is 1. The summed E-state index contributed by atoms with van der Waals surface area (Å²) in [5, 5.41) is 14.8. The van der Waals surface area contributed by atoms with Crippen molar-refractivity contribution in [3.8, 4) is 5.75 Å². The lowest BCUT2D eigenvalue weighted by Gasteiger charge is -2.10. The van der Waals surface area contributed by atoms with Gasteiger partial charge in [-0.25, -0.2) is 13.4 Å². The maximum atomic E-state index is 12.4. The van der Waals surface area contributed by atoms with Crippen LogP contribution in [0.3, 0.4) is 0 Å². The van der Waals surface area contributed by atoms with Crippen LogP contribution >= 0.6 is 0 Å². The highest BCUT2D eigenvalue weighted by molar-refractivity contribution is 7.91. The molecule has 0 saturated heterocycles. The summed E-state index contributed by atoms with van der Waals surface area (Å²) in [7, 11) is -2.08. The van der Waals surface area contributed by atoms with Gasteiger partial charge in [0.1, 0.15) is 11.3 Å². The van der Waals surface area contributed by atoms with E-state index in [1.165, 1.54) is 26.2 Å². The monoisotopic (exact) mass is 401 g/mol. The highest BCUT2D eigenvalue weighted by atomic mass is 32.2. The fourth-order valence-corrected chi connectivity index (χ4v) is 3.86. The third-order valence-corrected chi connectivity index (χ3v) is 6.00. The first kappa shape index (κ1) is 19.6. The van der Waals surface area contributed by atoms with E-state index in [1.54, 1.807) is 36.4 Å². The lowest BCUT2D eigenvalue weighted by molar-refractivity contribution is -0.584. The van der Waals surface area contributed by atoms with E-state index in [0.29, 0.717) is 21.5 Å². The Hall–Kier alpha value is -3.20. The molecule has 0 spiro atoms. The minimum absolute atomic E-state index is 0.0319. The number of hydrogen-bond acceptors (Lipinski definition) is 6. The molecule has 3 rings (SSSR count). The number of carbonyl (C=O) groups excluding carboxylic acids is 1. The van der Waals surface area contributed by atoms with Gasteiger partial charge in [0.05, 0.1) is 17.8 Å². The molecule has 9 heteroatoms. The van der Waals surface area contributed by atoms with Gasteiger partial charge >= 0.3 is 0 Å². The fourth-order valence-electron chi connectivity index (χ4n) is 2.71. The smallest absolute Gasteiger partial charge is 0.276 e. The Morgan fingerprint density at radius 3 is 2.54 bits per heavy atom. The second-order valence-electron chi connectivity index (χ2n) is 6.08. The predicted molar refractivity (Wildman–Crippen MR) is 103 cm³/mol. The zero-order valence-corrected chi connectivity index (χ0v) is 16.2. The Labute approximate surface area is 162 Å². The Kier molecular flexibility index (Phi) is 5.46. The molecular formula is C19H19N3O5S. The van der Waals surface area contributed by atoms with Crippen LogP contribution in [0.2, 0.25) is 0 Å². The van der Waals surface area contributed by atoms with Crippen LogP contribution in [0.15, 0.2) is 53.4 Å². The van der Waals surface area contributed by atoms with Crippen molar-refractivity contribution in [2.75, 3.05) is 19.4 Å². The van der Waals surface area contributed by atoms with Crippen LogP contribution in [0.25, 0.3) is 11.0 Å². The summed E-state index contributed by atoms with van der Waals surface area (Å²) in [6.07, 6.45) is 0. The van der Waals surface area contributed by atoms with Crippen molar-refractivity contribution in [2.24, 2.45) is 0 Å². The second-order valence-corrected chi connectivity index (χ2v) is 8.19. The van der Waals surface area contributed by atoms with Crippen LogP contribution in [0.5, 0.6) is 5.75 Å². The van der Waals surface area contributed by atoms with Crippen LogP contribution in [0.1, 0.15) is 16.2 Å². The van der Waals surface area contributed by atoms with E-state index < -0.39 is 15.7 Å². The molecule has 1 aromatic heterocycles. The Balaban J connectivity index is 1.72. The maximum absolute atomic E-state index is 12.4. The molecule has 0 fully saturated rings. The average Bonchev–Trinajstić information content (AvgIpc) is 2.70. The molecule has 0 saturated carbocycles. The topological polar surface area (TPSA) is 112 Å². The summed E-state index contributed by atoms with van der Waals surface area (Å²) < 4.78 is 30.4. The number of carbonyl (C=O) groups is 1. The van der Waals surface area contributed by atoms with Gasteiger partial charge in [0.25, 0.3) is 5.91 Å². The van der Waals surface area contributed by atoms with E-state index in [4.69, 9.17) is 4.74 Å². The van der Waals surface area contributed by atoms with Crippen molar-refractivity contribution in [3.05, 3.63) is 65.1 Å². The molecule has 146 valence electrons. The van der Waals surface area contributed by atoms with Gasteiger partial charge in [-0.1, -0.05) is 12.1 Å². The summed E-state index contributed by atoms with van der Waals surface area (Å²) in [6.45, 7) is 1.38. The van der Waals surface area contributed by atoms with E-state index >= 15 is 0 Å². The van der Waals surface area contributed by atoms with E-state index in [0.717, 1.165) is 0 Å². The molecule has 1 N–H and O–H groups in total. The average molecular weight is 401 g/mol. The van der Waals surface area contributed by atoms with E-state index in [1.807, 2.05) is 0 Å². The fraction of sp³-hybridized carbons (Fsp3) is 0.211. The van der Waals surface area contributed by atoms with Gasteiger partial charge < -0.3 is 15.3 Å². The molecule has 0 bridgehead atoms. The van der Waals surface area contributed by atoms with E-state index in [9.17, 15) is 18.4 Å². The lowest BCUT2D eigenvalue weighted by atomic mass is 10.2. The number of fused-ring (bicyclic) bond motifs is 1. The molecule has 1 heterocycles. The van der Waals surface area contributed by atoms with Crippen LogP contribution in [-0.4, -0.2) is 38.7 Å². The molecule has 1 amide bonds. The van der Waals surface area contributed by atoms with Crippen molar-refractivity contribution in [3.63, 3.8) is 0 Å². The summed E-state index contributed by atoms with van der Waals surface area (Å²) >= 11 is 0. The highest BCUT2D eigenvalue weighted by Gasteiger charge is 2.21. The first-order chi connectivity index (χ1) is 13.3. The van der Waals surface area contributed by atoms with Crippen LogP contribution in [0, 0.1) is 12.1 Å². The number of rotatable bonds is 6. The first-order valence-electron chi connectivity index (χ1n) is 8.47. The third-order valence-electron chi connectivity index (χ3n) is 4.27. The molecule has 2 aromatic carbocycles. The largest absolute Gasteiger partial charge is 0.618 e. The number of para-hydroxylation sites is 2. The molecule has 0 aliphatic carbocycles. The molecule has 0 unspecified atom stereocenters. The number of aromatic nitrogens is 2. The molecule has 28 heavy (non-hydrogen) atoms. The Bertz CT molecular complexity index is 1130. The minimum atomic E-state index is -3.57. The quantitative estimate of drug-likeness (QED) is 0.493. The van der Waals surface area contributed by atoms with Gasteiger partial charge in [-0.2, -0.15) is 4.73 Å². The van der Waals surface area contributed by atoms with Crippen LogP contribution in [-0.2, 0) is 9.84 Å². The zero-order chi connectivity index (χ0) is 20.3. The van der Waals surface area contributed by atoms with Gasteiger partial charge in [0.15, 0.2) is 15.5 Å². The molecular weight excluding hydrogens is 382 g/mol. The standard InChI is InChI=1S/C19H19N3O5S/c1-13-18(21-16-5-3-4-6-17(16)22(13)24)19(23)20-11-12-28(25,26)15-9-7-14(27-2)8-10-15/h3-10H,11-12H2,1-2H3,(H,20,23). The van der Waals surface area contributed by atoms with Crippen molar-refractivity contribution in [2.45, 2.75) is 11.8 Å². The Morgan fingerprint density at radius 1 is 1.18 bits per heavy atom. The van der Waals surface area contributed by atoms with Gasteiger partial charge in [-0.3, -0.25) is 4.79 Å². The van der Waals surface area contributed by atoms with Crippen LogP contribution < -0.4 is 14.8 Å². The SMILES string of the molecule is COc1ccc(S(=O)(=O)CCNC(=O)c2nc3ccccc3[n+]([O-])c2C)cc1. The van der Waals surface area contributed by atoms with Gasteiger partial charge in [-0.15, -0.1) is 0 Å². The van der Waals surface area contributed by atoms with Gasteiger partial charge in [0.2, 0.25) is 11.2 Å². The number of benzene rings is 2. The molecule has 3 aromatic rings. The van der Waals surface area contributed by atoms with Crippen molar-refractivity contribution >= 4 is 26.8 Å². The molecule has 0 aliphatic heterocycles. The Morgan fingerprint density at radius 2 is 1.86 bits per heavy atom. The summed E-state index contributed by atoms with van der Waals surface area (Å²) in [5.41, 5.74) is 0.863. The minimum Gasteiger partial charge on any atom is -0.618 e. The number of nitrogens with one attached hydrogen (secondary N) is 1. The lowest BCUT2D eigenvalue weighted by Crippen LogP contribution is -2.38. The van der Waals surface area contributed by atoms with E-state index in [2.05, 4.69) is 10.3 Å². The number of methoxy groups -OCH3 is 1. The third kappa shape index (κ3) is 3.89. The first-order valence-corrected chi connectivity index (χ1v) is 10.1. The summed E-state index contributed by atoms with van der Waals surface area (Å²) in [4.78, 5) is 16.8. The number of nitrogens with zero attached hydrogens (tertiary/aromatic N) is 2. The van der Waals surface area contributed by atoms with E-state index in [-0.39, 0.29) is 28.6 Å².